The molecule has 2 rings (SSSR count). The molecule has 2 nitrogen and oxygen atoms in total. The van der Waals surface area contributed by atoms with Crippen molar-refractivity contribution in [3.05, 3.63) is 0 Å². The van der Waals surface area contributed by atoms with Gasteiger partial charge in [-0.1, -0.05) is 110 Å². The van der Waals surface area contributed by atoms with Crippen molar-refractivity contribution in [3.8, 4) is 0 Å². The first kappa shape index (κ1) is 23.7. The molecule has 1 aliphatic heterocycles. The van der Waals surface area contributed by atoms with Crippen LogP contribution in [0.2, 0.25) is 0 Å². The first-order valence-electron chi connectivity index (χ1n) is 13.1. The molecule has 3 atom stereocenters. The average molecular weight is 391 g/mol. The normalized spacial score (nSPS) is 24.1. The number of nitrogens with one attached hydrogen (secondary N) is 1. The summed E-state index contributed by atoms with van der Waals surface area (Å²) < 4.78 is 0. The predicted octanol–water partition coefficient (Wildman–Crippen LogP) is 8.20. The second-order valence-corrected chi connectivity index (χ2v) is 9.83. The highest BCUT2D eigenvalue weighted by atomic mass is 15.1. The van der Waals surface area contributed by atoms with Gasteiger partial charge in [0, 0.05) is 12.5 Å². The summed E-state index contributed by atoms with van der Waals surface area (Å²) in [5, 5.41) is 3.71. The molecule has 0 radical (unpaired) electrons. The third-order valence-electron chi connectivity index (χ3n) is 7.11. The van der Waals surface area contributed by atoms with Gasteiger partial charge in [-0.05, 0) is 31.6 Å². The second kappa shape index (κ2) is 15.3. The topological polar surface area (TPSA) is 24.4 Å². The predicted molar refractivity (Wildman–Crippen MR) is 125 cm³/mol. The fourth-order valence-corrected chi connectivity index (χ4v) is 5.06. The number of hydrogen-bond donors (Lipinski definition) is 1. The van der Waals surface area contributed by atoms with Crippen LogP contribution in [0.25, 0.3) is 0 Å². The molecule has 164 valence electrons. The van der Waals surface area contributed by atoms with Crippen molar-refractivity contribution >= 4 is 5.84 Å². The summed E-state index contributed by atoms with van der Waals surface area (Å²) in [5.74, 6) is 2.14. The van der Waals surface area contributed by atoms with Gasteiger partial charge in [0.25, 0.3) is 0 Å². The highest BCUT2D eigenvalue weighted by Gasteiger charge is 2.31. The minimum Gasteiger partial charge on any atom is -0.371 e. The first-order chi connectivity index (χ1) is 13.8. The van der Waals surface area contributed by atoms with Crippen LogP contribution in [0.15, 0.2) is 4.99 Å². The Kier molecular flexibility index (Phi) is 13.0. The minimum absolute atomic E-state index is 0.621. The number of nitrogens with zero attached hydrogens (tertiary/aromatic N) is 1. The van der Waals surface area contributed by atoms with E-state index in [2.05, 4.69) is 19.2 Å². The van der Waals surface area contributed by atoms with Gasteiger partial charge in [0.1, 0.15) is 0 Å². The van der Waals surface area contributed by atoms with E-state index in [-0.39, 0.29) is 0 Å². The van der Waals surface area contributed by atoms with Gasteiger partial charge >= 0.3 is 0 Å². The molecule has 0 saturated heterocycles. The van der Waals surface area contributed by atoms with E-state index in [1.807, 2.05) is 0 Å². The summed E-state index contributed by atoms with van der Waals surface area (Å²) >= 11 is 0. The SMILES string of the molecule is CCCCCCCCCCCCCCCCCCC1=NC2CC(CCC2C)N1. The van der Waals surface area contributed by atoms with Crippen molar-refractivity contribution in [2.75, 3.05) is 0 Å². The van der Waals surface area contributed by atoms with E-state index in [4.69, 9.17) is 4.99 Å². The molecule has 2 bridgehead atoms. The van der Waals surface area contributed by atoms with Gasteiger partial charge in [-0.25, -0.2) is 0 Å². The fourth-order valence-electron chi connectivity index (χ4n) is 5.06. The largest absolute Gasteiger partial charge is 0.371 e. The number of fused-ring (bicyclic) bond motifs is 2. The monoisotopic (exact) mass is 390 g/mol. The summed E-state index contributed by atoms with van der Waals surface area (Å²) in [6, 6.07) is 1.35. The van der Waals surface area contributed by atoms with Crippen LogP contribution in [-0.4, -0.2) is 17.9 Å². The Balaban J connectivity index is 1.31. The quantitative estimate of drug-likeness (QED) is 0.249. The molecule has 28 heavy (non-hydrogen) atoms. The molecule has 1 fully saturated rings. The standard InChI is InChI=1S/C26H50N2/c1-3-4-5-6-7-8-9-10-11-12-13-14-15-16-17-18-19-26-27-24-21-20-23(2)25(22-24)28-26/h23-25H,3-22H2,1-2H3,(H,27,28). The van der Waals surface area contributed by atoms with Gasteiger partial charge in [-0.15, -0.1) is 0 Å². The van der Waals surface area contributed by atoms with Crippen molar-refractivity contribution < 1.29 is 0 Å². The summed E-state index contributed by atoms with van der Waals surface area (Å²) in [6.07, 6.45) is 28.3. The number of unbranched alkanes of at least 4 members (excludes halogenated alkanes) is 15. The highest BCUT2D eigenvalue weighted by molar-refractivity contribution is 5.83. The van der Waals surface area contributed by atoms with Crippen LogP contribution in [0.3, 0.4) is 0 Å². The Bertz CT molecular complexity index is 403. The van der Waals surface area contributed by atoms with Crippen LogP contribution >= 0.6 is 0 Å². The van der Waals surface area contributed by atoms with Crippen molar-refractivity contribution in [2.24, 2.45) is 10.9 Å². The van der Waals surface area contributed by atoms with Crippen LogP contribution in [0.5, 0.6) is 0 Å². The third kappa shape index (κ3) is 10.3. The lowest BCUT2D eigenvalue weighted by molar-refractivity contribution is 0.272. The molecule has 3 unspecified atom stereocenters. The molecular weight excluding hydrogens is 340 g/mol. The molecule has 1 heterocycles. The number of rotatable bonds is 17. The summed E-state index contributed by atoms with van der Waals surface area (Å²) in [4.78, 5) is 5.00. The number of aliphatic imine (C=N–C) groups is 1. The average Bonchev–Trinajstić information content (AvgIpc) is 2.70. The molecular formula is C26H50N2. The van der Waals surface area contributed by atoms with Crippen LogP contribution in [-0.2, 0) is 0 Å². The molecule has 2 aliphatic rings. The number of hydrogen-bond acceptors (Lipinski definition) is 2. The zero-order valence-electron chi connectivity index (χ0n) is 19.3. The van der Waals surface area contributed by atoms with Gasteiger partial charge in [0.2, 0.25) is 0 Å². The molecule has 0 amide bonds. The lowest BCUT2D eigenvalue weighted by Crippen LogP contribution is -2.47. The molecule has 0 aromatic heterocycles. The molecule has 0 spiro atoms. The van der Waals surface area contributed by atoms with Gasteiger partial charge in [-0.2, -0.15) is 0 Å². The zero-order valence-corrected chi connectivity index (χ0v) is 19.3. The Labute approximate surface area is 176 Å². The summed E-state index contributed by atoms with van der Waals surface area (Å²) in [6.45, 7) is 4.69. The van der Waals surface area contributed by atoms with Crippen molar-refractivity contribution in [2.45, 2.75) is 154 Å². The van der Waals surface area contributed by atoms with Crippen molar-refractivity contribution in [1.29, 1.82) is 0 Å². The Morgan fingerprint density at radius 3 is 1.75 bits per heavy atom. The first-order valence-corrected chi connectivity index (χ1v) is 13.1. The van der Waals surface area contributed by atoms with E-state index in [0.29, 0.717) is 6.04 Å². The molecule has 0 aromatic carbocycles. The van der Waals surface area contributed by atoms with Gasteiger partial charge in [0.15, 0.2) is 0 Å². The van der Waals surface area contributed by atoms with Gasteiger partial charge in [0.05, 0.1) is 11.9 Å². The molecule has 1 aliphatic carbocycles. The van der Waals surface area contributed by atoms with Gasteiger partial charge in [-0.3, -0.25) is 4.99 Å². The van der Waals surface area contributed by atoms with Gasteiger partial charge < -0.3 is 5.32 Å². The third-order valence-corrected chi connectivity index (χ3v) is 7.11. The zero-order chi connectivity index (χ0) is 19.9. The Morgan fingerprint density at radius 2 is 1.21 bits per heavy atom. The molecule has 1 N–H and O–H groups in total. The summed E-state index contributed by atoms with van der Waals surface area (Å²) in [5.41, 5.74) is 0. The highest BCUT2D eigenvalue weighted by Crippen LogP contribution is 2.30. The van der Waals surface area contributed by atoms with E-state index in [9.17, 15) is 0 Å². The summed E-state index contributed by atoms with van der Waals surface area (Å²) in [7, 11) is 0. The maximum absolute atomic E-state index is 5.00. The van der Waals surface area contributed by atoms with Crippen LogP contribution in [0, 0.1) is 5.92 Å². The van der Waals surface area contributed by atoms with Crippen LogP contribution in [0.1, 0.15) is 142 Å². The second-order valence-electron chi connectivity index (χ2n) is 9.83. The Hall–Kier alpha value is -0.530. The number of amidine groups is 1. The van der Waals surface area contributed by atoms with E-state index in [0.717, 1.165) is 12.0 Å². The van der Waals surface area contributed by atoms with E-state index < -0.39 is 0 Å². The maximum atomic E-state index is 5.00. The van der Waals surface area contributed by atoms with Crippen molar-refractivity contribution in [3.63, 3.8) is 0 Å². The Morgan fingerprint density at radius 1 is 0.714 bits per heavy atom. The lowest BCUT2D eigenvalue weighted by atomic mass is 9.82. The smallest absolute Gasteiger partial charge is 0.0968 e. The van der Waals surface area contributed by atoms with E-state index in [1.165, 1.54) is 134 Å². The van der Waals surface area contributed by atoms with E-state index in [1.54, 1.807) is 0 Å². The maximum Gasteiger partial charge on any atom is 0.0968 e. The van der Waals surface area contributed by atoms with Crippen LogP contribution in [0.4, 0.5) is 0 Å². The molecule has 2 heteroatoms. The fraction of sp³-hybridized carbons (Fsp3) is 0.962. The van der Waals surface area contributed by atoms with Crippen molar-refractivity contribution in [1.82, 2.24) is 5.32 Å². The van der Waals surface area contributed by atoms with E-state index >= 15 is 0 Å². The minimum atomic E-state index is 0.621. The molecule has 1 saturated carbocycles. The lowest BCUT2D eigenvalue weighted by Gasteiger charge is -2.38. The van der Waals surface area contributed by atoms with Crippen LogP contribution < -0.4 is 5.32 Å². The molecule has 0 aromatic rings.